The molecule has 0 radical (unpaired) electrons. The predicted octanol–water partition coefficient (Wildman–Crippen LogP) is 4.60. The molecule has 1 aliphatic carbocycles. The Labute approximate surface area is 166 Å². The molecule has 2 aromatic heterocycles. The molecule has 1 aromatic carbocycles. The van der Waals surface area contributed by atoms with Gasteiger partial charge in [-0.3, -0.25) is 19.9 Å². The number of pyridine rings is 1. The summed E-state index contributed by atoms with van der Waals surface area (Å²) in [6.45, 7) is 2.95. The Kier molecular flexibility index (Phi) is 4.40. The summed E-state index contributed by atoms with van der Waals surface area (Å²) >= 11 is 6.15. The van der Waals surface area contributed by atoms with Gasteiger partial charge >= 0.3 is 0 Å². The summed E-state index contributed by atoms with van der Waals surface area (Å²) in [6.07, 6.45) is 2.48. The summed E-state index contributed by atoms with van der Waals surface area (Å²) in [6, 6.07) is 7.21. The Balaban J connectivity index is 1.85. The second kappa shape index (κ2) is 6.77. The lowest BCUT2D eigenvalue weighted by atomic mass is 10.0. The first-order chi connectivity index (χ1) is 13.4. The van der Waals surface area contributed by atoms with Crippen molar-refractivity contribution in [2.75, 3.05) is 5.32 Å². The van der Waals surface area contributed by atoms with Crippen molar-refractivity contribution in [3.05, 3.63) is 56.9 Å². The number of carbonyl (C=O) groups is 2. The van der Waals surface area contributed by atoms with E-state index in [1.165, 1.54) is 6.92 Å². The molecule has 1 amide bonds. The molecule has 7 heteroatoms. The van der Waals surface area contributed by atoms with E-state index in [-0.39, 0.29) is 22.8 Å². The largest absolute Gasteiger partial charge is 0.443 e. The number of furan rings is 1. The minimum absolute atomic E-state index is 0.0195. The number of carbonyl (C=O) groups excluding carboxylic acids is 2. The number of nitrogens with zero attached hydrogens (tertiary/aromatic N) is 2. The third-order valence-electron chi connectivity index (χ3n) is 4.98. The predicted molar refractivity (Wildman–Crippen MR) is 105 cm³/mol. The van der Waals surface area contributed by atoms with Crippen LogP contribution < -0.4 is 5.32 Å². The van der Waals surface area contributed by atoms with E-state index in [9.17, 15) is 14.9 Å². The molecule has 1 aliphatic rings. The van der Waals surface area contributed by atoms with Gasteiger partial charge in [-0.15, -0.1) is 0 Å². The average Bonchev–Trinajstić information content (AvgIpc) is 3.22. The van der Waals surface area contributed by atoms with Gasteiger partial charge in [-0.2, -0.15) is 5.26 Å². The zero-order chi connectivity index (χ0) is 20.0. The van der Waals surface area contributed by atoms with Crippen LogP contribution in [-0.2, 0) is 12.8 Å². The number of aryl methyl sites for hydroxylation is 2. The maximum atomic E-state index is 13.2. The van der Waals surface area contributed by atoms with Crippen molar-refractivity contribution in [1.82, 2.24) is 4.98 Å². The van der Waals surface area contributed by atoms with Crippen LogP contribution in [0.1, 0.15) is 56.6 Å². The van der Waals surface area contributed by atoms with Crippen LogP contribution in [0.5, 0.6) is 0 Å². The number of hydrogen-bond acceptors (Lipinski definition) is 5. The first-order valence-corrected chi connectivity index (χ1v) is 9.25. The van der Waals surface area contributed by atoms with Crippen molar-refractivity contribution in [2.45, 2.75) is 33.1 Å². The normalized spacial score (nSPS) is 12.6. The molecule has 28 heavy (non-hydrogen) atoms. The van der Waals surface area contributed by atoms with Crippen molar-refractivity contribution in [1.29, 1.82) is 5.26 Å². The smallest absolute Gasteiger partial charge is 0.259 e. The van der Waals surface area contributed by atoms with Gasteiger partial charge in [0.05, 0.1) is 16.6 Å². The number of anilines is 1. The van der Waals surface area contributed by atoms with E-state index >= 15 is 0 Å². The third kappa shape index (κ3) is 2.85. The summed E-state index contributed by atoms with van der Waals surface area (Å²) in [7, 11) is 0. The van der Waals surface area contributed by atoms with Crippen LogP contribution in [0.15, 0.2) is 22.6 Å². The molecule has 0 unspecified atom stereocenters. The molecule has 0 bridgehead atoms. The number of halogens is 1. The summed E-state index contributed by atoms with van der Waals surface area (Å²) in [5, 5.41) is 13.3. The van der Waals surface area contributed by atoms with E-state index < -0.39 is 5.91 Å². The number of nitriles is 1. The summed E-state index contributed by atoms with van der Waals surface area (Å²) in [5.41, 5.74) is 3.19. The Morgan fingerprint density at radius 1 is 1.29 bits per heavy atom. The van der Waals surface area contributed by atoms with Crippen LogP contribution in [0.25, 0.3) is 10.9 Å². The van der Waals surface area contributed by atoms with Crippen LogP contribution in [0.4, 0.5) is 5.88 Å². The minimum Gasteiger partial charge on any atom is -0.443 e. The van der Waals surface area contributed by atoms with Crippen LogP contribution in [0.2, 0.25) is 5.02 Å². The second-order valence-electron chi connectivity index (χ2n) is 6.79. The molecular weight excluding hydrogens is 378 g/mol. The van der Waals surface area contributed by atoms with E-state index in [2.05, 4.69) is 10.3 Å². The van der Waals surface area contributed by atoms with Crippen LogP contribution in [0.3, 0.4) is 0 Å². The lowest BCUT2D eigenvalue weighted by Gasteiger charge is -2.12. The lowest BCUT2D eigenvalue weighted by Crippen LogP contribution is -2.16. The van der Waals surface area contributed by atoms with Gasteiger partial charge < -0.3 is 4.42 Å². The number of fused-ring (bicyclic) bond motifs is 2. The van der Waals surface area contributed by atoms with Crippen LogP contribution >= 0.6 is 11.6 Å². The molecule has 1 N–H and O–H groups in total. The first kappa shape index (κ1) is 18.2. The number of ketones is 1. The number of aromatic nitrogens is 1. The van der Waals surface area contributed by atoms with Gasteiger partial charge in [-0.05, 0) is 56.9 Å². The molecule has 0 saturated carbocycles. The van der Waals surface area contributed by atoms with Gasteiger partial charge in [0.15, 0.2) is 5.78 Å². The number of hydrogen-bond donors (Lipinski definition) is 1. The first-order valence-electron chi connectivity index (χ1n) is 8.87. The van der Waals surface area contributed by atoms with Gasteiger partial charge in [0.1, 0.15) is 17.4 Å². The number of benzene rings is 1. The summed E-state index contributed by atoms with van der Waals surface area (Å²) in [5.74, 6) is -0.422. The number of Topliss-reactive ketones (excluding diaryl/α,β-unsaturated/α-hetero) is 1. The maximum absolute atomic E-state index is 13.2. The van der Waals surface area contributed by atoms with Gasteiger partial charge in [-0.1, -0.05) is 11.6 Å². The Bertz CT molecular complexity index is 1200. The maximum Gasteiger partial charge on any atom is 0.259 e. The average molecular weight is 394 g/mol. The van der Waals surface area contributed by atoms with E-state index in [1.807, 2.05) is 6.07 Å². The molecule has 0 aliphatic heterocycles. The number of rotatable bonds is 3. The lowest BCUT2D eigenvalue weighted by molar-refractivity contribution is 0.101. The number of nitrogens with one attached hydrogen (secondary N) is 1. The van der Waals surface area contributed by atoms with Crippen LogP contribution in [0, 0.1) is 18.3 Å². The molecule has 6 nitrogen and oxygen atoms in total. The second-order valence-corrected chi connectivity index (χ2v) is 7.22. The highest BCUT2D eigenvalue weighted by molar-refractivity contribution is 6.31. The highest BCUT2D eigenvalue weighted by Gasteiger charge is 2.27. The van der Waals surface area contributed by atoms with E-state index in [4.69, 9.17) is 16.0 Å². The van der Waals surface area contributed by atoms with Crippen molar-refractivity contribution >= 4 is 40.1 Å². The van der Waals surface area contributed by atoms with E-state index in [0.29, 0.717) is 27.2 Å². The Morgan fingerprint density at radius 2 is 2.07 bits per heavy atom. The fourth-order valence-electron chi connectivity index (χ4n) is 3.82. The van der Waals surface area contributed by atoms with Crippen molar-refractivity contribution < 1.29 is 14.0 Å². The van der Waals surface area contributed by atoms with Crippen molar-refractivity contribution in [3.8, 4) is 6.07 Å². The molecule has 0 atom stereocenters. The molecule has 4 rings (SSSR count). The molecular formula is C21H16ClN3O3. The fourth-order valence-corrected chi connectivity index (χ4v) is 3.99. The summed E-state index contributed by atoms with van der Waals surface area (Å²) < 4.78 is 5.53. The molecule has 140 valence electrons. The fraction of sp³-hybridized carbons (Fsp3) is 0.238. The van der Waals surface area contributed by atoms with Gasteiger partial charge in [0.25, 0.3) is 5.91 Å². The van der Waals surface area contributed by atoms with Gasteiger partial charge in [0, 0.05) is 16.1 Å². The number of amides is 1. The summed E-state index contributed by atoms with van der Waals surface area (Å²) in [4.78, 5) is 29.7. The third-order valence-corrected chi connectivity index (χ3v) is 5.21. The molecule has 0 fully saturated rings. The van der Waals surface area contributed by atoms with Crippen LogP contribution in [-0.4, -0.2) is 16.7 Å². The Morgan fingerprint density at radius 3 is 2.79 bits per heavy atom. The van der Waals surface area contributed by atoms with E-state index in [1.54, 1.807) is 25.1 Å². The minimum atomic E-state index is -0.409. The highest BCUT2D eigenvalue weighted by Crippen LogP contribution is 2.33. The molecule has 3 aromatic rings. The topological polar surface area (TPSA) is 96.0 Å². The van der Waals surface area contributed by atoms with Gasteiger partial charge in [0.2, 0.25) is 5.88 Å². The van der Waals surface area contributed by atoms with Crippen molar-refractivity contribution in [2.24, 2.45) is 0 Å². The standard InChI is InChI=1S/C21H16ClN3O3/c1-10(26)18-11(2)28-21(15(18)9-23)25-20(27)19-13-4-3-5-16(13)24-17-7-6-12(22)8-14(17)19/h6-8H,3-5H2,1-2H3,(H,25,27). The Hall–Kier alpha value is -3.17. The zero-order valence-electron chi connectivity index (χ0n) is 15.4. The van der Waals surface area contributed by atoms with Gasteiger partial charge in [-0.25, -0.2) is 0 Å². The van der Waals surface area contributed by atoms with E-state index in [0.717, 1.165) is 30.5 Å². The SMILES string of the molecule is CC(=O)c1c(C)oc(NC(=O)c2c3c(nc4ccc(Cl)cc24)CCC3)c1C#N. The molecule has 0 saturated heterocycles. The monoisotopic (exact) mass is 393 g/mol. The molecule has 2 heterocycles. The molecule has 0 spiro atoms. The van der Waals surface area contributed by atoms with Crippen molar-refractivity contribution in [3.63, 3.8) is 0 Å². The quantitative estimate of drug-likeness (QED) is 0.655. The highest BCUT2D eigenvalue weighted by atomic mass is 35.5. The zero-order valence-corrected chi connectivity index (χ0v) is 16.1.